The Bertz CT molecular complexity index is 470. The quantitative estimate of drug-likeness (QED) is 0.873. The van der Waals surface area contributed by atoms with E-state index in [0.717, 1.165) is 24.6 Å². The van der Waals surface area contributed by atoms with Crippen LogP contribution in [0.5, 0.6) is 11.5 Å². The number of rotatable bonds is 6. The maximum Gasteiger partial charge on any atom is 0.231 e. The van der Waals surface area contributed by atoms with Crippen molar-refractivity contribution >= 4 is 0 Å². The normalized spacial score (nSPS) is 19.4. The molecule has 1 aromatic carbocycles. The van der Waals surface area contributed by atoms with Crippen molar-refractivity contribution in [3.63, 3.8) is 0 Å². The Kier molecular flexibility index (Phi) is 4.66. The van der Waals surface area contributed by atoms with E-state index in [1.807, 2.05) is 12.1 Å². The van der Waals surface area contributed by atoms with Crippen LogP contribution in [-0.4, -0.2) is 37.4 Å². The van der Waals surface area contributed by atoms with Gasteiger partial charge in [-0.25, -0.2) is 0 Å². The van der Waals surface area contributed by atoms with E-state index < -0.39 is 0 Å². The zero-order valence-electron chi connectivity index (χ0n) is 13.1. The average Bonchev–Trinajstić information content (AvgIpc) is 3.14. The van der Waals surface area contributed by atoms with Crippen LogP contribution in [0.15, 0.2) is 18.2 Å². The van der Waals surface area contributed by atoms with Crippen LogP contribution in [-0.2, 0) is 6.54 Å². The summed E-state index contributed by atoms with van der Waals surface area (Å²) in [7, 11) is 0. The summed E-state index contributed by atoms with van der Waals surface area (Å²) in [6.45, 7) is 9.36. The zero-order chi connectivity index (χ0) is 14.7. The first-order valence-electron chi connectivity index (χ1n) is 8.08. The Balaban J connectivity index is 1.56. The fourth-order valence-corrected chi connectivity index (χ4v) is 3.34. The first-order valence-corrected chi connectivity index (χ1v) is 8.08. The number of fused-ring (bicyclic) bond motifs is 1. The summed E-state index contributed by atoms with van der Waals surface area (Å²) < 4.78 is 11.0. The maximum absolute atomic E-state index is 5.56. The van der Waals surface area contributed by atoms with Crippen molar-refractivity contribution < 1.29 is 9.47 Å². The average molecular weight is 290 g/mol. The predicted octanol–water partition coefficient (Wildman–Crippen LogP) is 2.63. The van der Waals surface area contributed by atoms with Crippen LogP contribution >= 0.6 is 0 Å². The molecule has 1 atom stereocenters. The first kappa shape index (κ1) is 14.7. The topological polar surface area (TPSA) is 33.7 Å². The highest BCUT2D eigenvalue weighted by atomic mass is 16.7. The molecule has 2 aliphatic rings. The Morgan fingerprint density at radius 1 is 1.19 bits per heavy atom. The summed E-state index contributed by atoms with van der Waals surface area (Å²) in [4.78, 5) is 2.63. The number of likely N-dealkylation sites (tertiary alicyclic amines) is 1. The molecule has 0 bridgehead atoms. The van der Waals surface area contributed by atoms with Gasteiger partial charge in [-0.1, -0.05) is 26.0 Å². The third kappa shape index (κ3) is 3.33. The molecule has 0 saturated carbocycles. The van der Waals surface area contributed by atoms with E-state index >= 15 is 0 Å². The van der Waals surface area contributed by atoms with Crippen LogP contribution in [0, 0.1) is 5.92 Å². The fourth-order valence-electron chi connectivity index (χ4n) is 3.34. The molecule has 0 aliphatic carbocycles. The van der Waals surface area contributed by atoms with Gasteiger partial charge in [0.25, 0.3) is 0 Å². The van der Waals surface area contributed by atoms with Crippen molar-refractivity contribution in [3.8, 4) is 11.5 Å². The Hall–Kier alpha value is -1.26. The van der Waals surface area contributed by atoms with Gasteiger partial charge in [-0.2, -0.15) is 0 Å². The lowest BCUT2D eigenvalue weighted by molar-refractivity contribution is 0.172. The second kappa shape index (κ2) is 6.67. The van der Waals surface area contributed by atoms with Gasteiger partial charge in [0.05, 0.1) is 0 Å². The minimum Gasteiger partial charge on any atom is -0.454 e. The molecule has 116 valence electrons. The van der Waals surface area contributed by atoms with Crippen molar-refractivity contribution in [3.05, 3.63) is 23.8 Å². The number of hydrogen-bond acceptors (Lipinski definition) is 4. The Morgan fingerprint density at radius 2 is 2.00 bits per heavy atom. The number of nitrogens with one attached hydrogen (secondary N) is 1. The van der Waals surface area contributed by atoms with E-state index in [1.165, 1.54) is 31.5 Å². The Labute approximate surface area is 127 Å². The van der Waals surface area contributed by atoms with Crippen LogP contribution in [0.25, 0.3) is 0 Å². The van der Waals surface area contributed by atoms with Crippen molar-refractivity contribution in [2.24, 2.45) is 5.92 Å². The molecule has 1 aromatic rings. The molecular weight excluding hydrogens is 264 g/mol. The number of hydrogen-bond donors (Lipinski definition) is 1. The zero-order valence-corrected chi connectivity index (χ0v) is 13.1. The summed E-state index contributed by atoms with van der Waals surface area (Å²) in [5.74, 6) is 2.46. The lowest BCUT2D eigenvalue weighted by Gasteiger charge is -2.31. The number of benzene rings is 1. The van der Waals surface area contributed by atoms with E-state index in [2.05, 4.69) is 30.1 Å². The van der Waals surface area contributed by atoms with Crippen molar-refractivity contribution in [2.75, 3.05) is 26.4 Å². The summed E-state index contributed by atoms with van der Waals surface area (Å²) >= 11 is 0. The lowest BCUT2D eigenvalue weighted by Crippen LogP contribution is -2.44. The molecule has 21 heavy (non-hydrogen) atoms. The van der Waals surface area contributed by atoms with Crippen LogP contribution < -0.4 is 14.8 Å². The molecule has 3 rings (SSSR count). The van der Waals surface area contributed by atoms with Gasteiger partial charge in [0.2, 0.25) is 6.79 Å². The van der Waals surface area contributed by atoms with Gasteiger partial charge >= 0.3 is 0 Å². The van der Waals surface area contributed by atoms with Gasteiger partial charge in [-0.3, -0.25) is 4.90 Å². The molecule has 0 aromatic heterocycles. The molecular formula is C17H26N2O2. The summed E-state index contributed by atoms with van der Waals surface area (Å²) in [5.41, 5.74) is 1.19. The third-order valence-electron chi connectivity index (χ3n) is 4.53. The van der Waals surface area contributed by atoms with Crippen molar-refractivity contribution in [1.29, 1.82) is 0 Å². The van der Waals surface area contributed by atoms with E-state index in [-0.39, 0.29) is 0 Å². The molecule has 2 heterocycles. The second-order valence-corrected chi connectivity index (χ2v) is 6.34. The van der Waals surface area contributed by atoms with E-state index in [4.69, 9.17) is 9.47 Å². The molecule has 2 aliphatic heterocycles. The molecule has 4 nitrogen and oxygen atoms in total. The second-order valence-electron chi connectivity index (χ2n) is 6.34. The van der Waals surface area contributed by atoms with Gasteiger partial charge in [-0.05, 0) is 37.9 Å². The van der Waals surface area contributed by atoms with Crippen LogP contribution in [0.2, 0.25) is 0 Å². The van der Waals surface area contributed by atoms with Crippen LogP contribution in [0.3, 0.4) is 0 Å². The Morgan fingerprint density at radius 3 is 2.76 bits per heavy atom. The van der Waals surface area contributed by atoms with Gasteiger partial charge in [0.1, 0.15) is 0 Å². The standard InChI is InChI=1S/C17H26N2O2/c1-13(2)15(19-8-3-4-9-19)11-18-10-14-6-5-7-16-17(14)21-12-20-16/h5-7,13,15,18H,3-4,8-12H2,1-2H3. The molecule has 1 N–H and O–H groups in total. The molecule has 1 unspecified atom stereocenters. The van der Waals surface area contributed by atoms with Gasteiger partial charge in [0.15, 0.2) is 11.5 Å². The van der Waals surface area contributed by atoms with Gasteiger partial charge < -0.3 is 14.8 Å². The van der Waals surface area contributed by atoms with E-state index in [9.17, 15) is 0 Å². The van der Waals surface area contributed by atoms with Crippen molar-refractivity contribution in [2.45, 2.75) is 39.3 Å². The summed E-state index contributed by atoms with van der Waals surface area (Å²) in [5, 5.41) is 3.61. The monoisotopic (exact) mass is 290 g/mol. The molecule has 0 radical (unpaired) electrons. The number of nitrogens with zero attached hydrogens (tertiary/aromatic N) is 1. The molecule has 0 amide bonds. The third-order valence-corrected chi connectivity index (χ3v) is 4.53. The number of ether oxygens (including phenoxy) is 2. The minimum absolute atomic E-state index is 0.342. The fraction of sp³-hybridized carbons (Fsp3) is 0.647. The highest BCUT2D eigenvalue weighted by molar-refractivity contribution is 5.48. The smallest absolute Gasteiger partial charge is 0.231 e. The summed E-state index contributed by atoms with van der Waals surface area (Å²) in [6.07, 6.45) is 2.70. The molecule has 0 spiro atoms. The highest BCUT2D eigenvalue weighted by Crippen LogP contribution is 2.35. The van der Waals surface area contributed by atoms with Crippen LogP contribution in [0.1, 0.15) is 32.3 Å². The largest absolute Gasteiger partial charge is 0.454 e. The molecule has 1 fully saturated rings. The summed E-state index contributed by atoms with van der Waals surface area (Å²) in [6, 6.07) is 6.74. The van der Waals surface area contributed by atoms with Crippen molar-refractivity contribution in [1.82, 2.24) is 10.2 Å². The first-order chi connectivity index (χ1) is 10.3. The molecule has 1 saturated heterocycles. The predicted molar refractivity (Wildman–Crippen MR) is 83.7 cm³/mol. The van der Waals surface area contributed by atoms with Gasteiger partial charge in [-0.15, -0.1) is 0 Å². The van der Waals surface area contributed by atoms with Gasteiger partial charge in [0, 0.05) is 24.7 Å². The van der Waals surface area contributed by atoms with E-state index in [1.54, 1.807) is 0 Å². The number of para-hydroxylation sites is 1. The highest BCUT2D eigenvalue weighted by Gasteiger charge is 2.24. The lowest BCUT2D eigenvalue weighted by atomic mass is 10.0. The van der Waals surface area contributed by atoms with E-state index in [0.29, 0.717) is 18.8 Å². The SMILES string of the molecule is CC(C)C(CNCc1cccc2c1OCO2)N1CCCC1. The van der Waals surface area contributed by atoms with Crippen LogP contribution in [0.4, 0.5) is 0 Å². The maximum atomic E-state index is 5.56. The minimum atomic E-state index is 0.342. The molecule has 4 heteroatoms.